The molecule has 1 aliphatic carbocycles. The van der Waals surface area contributed by atoms with Gasteiger partial charge in [0.25, 0.3) is 0 Å². The summed E-state index contributed by atoms with van der Waals surface area (Å²) in [7, 11) is 0. The maximum absolute atomic E-state index is 11.2. The van der Waals surface area contributed by atoms with Gasteiger partial charge in [0.15, 0.2) is 18.5 Å². The standard InChI is InChI=1S/C23H30O7/c1-2-4-15-6-8-16(9-7-15)5-3-14-28-18-12-10-17(11-13-18)23-29-19(21(24)25)20(30-23)22(26)27/h3,5,10-13,15-16,19-20,23H,2,4,6-9,14H2,1H3,(H,24,25)(H,26,27)/b5-3+/t15?,16?,19-,20-/m1/s1. The molecule has 2 fully saturated rings. The number of rotatable bonds is 9. The Morgan fingerprint density at radius 3 is 2.17 bits per heavy atom. The Hall–Kier alpha value is -2.38. The highest BCUT2D eigenvalue weighted by Crippen LogP contribution is 2.33. The van der Waals surface area contributed by atoms with Gasteiger partial charge in [0.05, 0.1) is 0 Å². The van der Waals surface area contributed by atoms with Crippen LogP contribution in [-0.2, 0) is 19.1 Å². The molecule has 1 aromatic carbocycles. The van der Waals surface area contributed by atoms with Gasteiger partial charge in [0.1, 0.15) is 12.4 Å². The maximum atomic E-state index is 11.2. The molecular formula is C23H30O7. The second kappa shape index (κ2) is 10.6. The maximum Gasteiger partial charge on any atom is 0.336 e. The van der Waals surface area contributed by atoms with Crippen molar-refractivity contribution in [3.8, 4) is 5.75 Å². The predicted octanol–water partition coefficient (Wildman–Crippen LogP) is 4.18. The molecule has 3 rings (SSSR count). The minimum atomic E-state index is -1.54. The van der Waals surface area contributed by atoms with Gasteiger partial charge in [-0.25, -0.2) is 9.59 Å². The second-order valence-electron chi connectivity index (χ2n) is 8.00. The molecule has 1 aliphatic heterocycles. The van der Waals surface area contributed by atoms with Gasteiger partial charge >= 0.3 is 11.9 Å². The van der Waals surface area contributed by atoms with Crippen molar-refractivity contribution in [2.75, 3.05) is 6.61 Å². The van der Waals surface area contributed by atoms with Crippen LogP contribution in [0.1, 0.15) is 57.3 Å². The van der Waals surface area contributed by atoms with Crippen molar-refractivity contribution in [2.24, 2.45) is 11.8 Å². The van der Waals surface area contributed by atoms with Gasteiger partial charge in [-0.15, -0.1) is 0 Å². The van der Waals surface area contributed by atoms with Gasteiger partial charge in [-0.3, -0.25) is 0 Å². The Balaban J connectivity index is 1.45. The SMILES string of the molecule is CCCC1CCC(/C=C/COc2ccc(C3O[C@@H](C(=O)O)[C@H](C(=O)O)O3)cc2)CC1. The molecular weight excluding hydrogens is 388 g/mol. The molecule has 164 valence electrons. The molecule has 2 N–H and O–H groups in total. The third-order valence-electron chi connectivity index (χ3n) is 5.80. The lowest BCUT2D eigenvalue weighted by Crippen LogP contribution is -2.36. The van der Waals surface area contributed by atoms with Crippen LogP contribution < -0.4 is 4.74 Å². The third-order valence-corrected chi connectivity index (χ3v) is 5.80. The van der Waals surface area contributed by atoms with Crippen molar-refractivity contribution < 1.29 is 34.0 Å². The zero-order chi connectivity index (χ0) is 21.5. The monoisotopic (exact) mass is 418 g/mol. The summed E-state index contributed by atoms with van der Waals surface area (Å²) in [4.78, 5) is 22.3. The quantitative estimate of drug-likeness (QED) is 0.580. The number of hydrogen-bond donors (Lipinski definition) is 2. The molecule has 0 bridgehead atoms. The Bertz CT molecular complexity index is 712. The average molecular weight is 418 g/mol. The molecule has 7 heteroatoms. The van der Waals surface area contributed by atoms with Gasteiger partial charge in [0.2, 0.25) is 0 Å². The number of carbonyl (C=O) groups is 2. The van der Waals surface area contributed by atoms with Crippen LogP contribution in [0.3, 0.4) is 0 Å². The zero-order valence-electron chi connectivity index (χ0n) is 17.2. The van der Waals surface area contributed by atoms with Crippen LogP contribution in [0, 0.1) is 11.8 Å². The van der Waals surface area contributed by atoms with Crippen molar-refractivity contribution >= 4 is 11.9 Å². The average Bonchev–Trinajstić information content (AvgIpc) is 3.19. The van der Waals surface area contributed by atoms with Crippen molar-refractivity contribution in [2.45, 2.75) is 63.9 Å². The number of benzene rings is 1. The molecule has 0 unspecified atom stereocenters. The van der Waals surface area contributed by atoms with Crippen LogP contribution in [0.25, 0.3) is 0 Å². The lowest BCUT2D eigenvalue weighted by Gasteiger charge is -2.26. The van der Waals surface area contributed by atoms with E-state index in [4.69, 9.17) is 24.4 Å². The highest BCUT2D eigenvalue weighted by atomic mass is 16.7. The fraction of sp³-hybridized carbons (Fsp3) is 0.565. The number of hydrogen-bond acceptors (Lipinski definition) is 5. The molecule has 0 spiro atoms. The first-order valence-electron chi connectivity index (χ1n) is 10.6. The second-order valence-corrected chi connectivity index (χ2v) is 8.00. The van der Waals surface area contributed by atoms with Gasteiger partial charge in [0, 0.05) is 5.56 Å². The number of ether oxygens (including phenoxy) is 3. The van der Waals surface area contributed by atoms with E-state index in [0.717, 1.165) is 5.92 Å². The molecule has 1 saturated carbocycles. The third kappa shape index (κ3) is 5.83. The lowest BCUT2D eigenvalue weighted by atomic mass is 9.80. The van der Waals surface area contributed by atoms with Crippen molar-refractivity contribution in [1.29, 1.82) is 0 Å². The Morgan fingerprint density at radius 1 is 1.03 bits per heavy atom. The summed E-state index contributed by atoms with van der Waals surface area (Å²) in [5.41, 5.74) is 0.539. The van der Waals surface area contributed by atoms with Crippen LogP contribution in [-0.4, -0.2) is 41.0 Å². The van der Waals surface area contributed by atoms with Crippen LogP contribution in [0.5, 0.6) is 5.75 Å². The Kier molecular flexibility index (Phi) is 7.87. The van der Waals surface area contributed by atoms with Crippen LogP contribution in [0.4, 0.5) is 0 Å². The summed E-state index contributed by atoms with van der Waals surface area (Å²) in [6.07, 6.45) is 7.99. The minimum absolute atomic E-state index is 0.479. The van der Waals surface area contributed by atoms with Gasteiger partial charge < -0.3 is 24.4 Å². The van der Waals surface area contributed by atoms with E-state index in [2.05, 4.69) is 19.1 Å². The van der Waals surface area contributed by atoms with Crippen molar-refractivity contribution in [3.05, 3.63) is 42.0 Å². The number of allylic oxidation sites excluding steroid dienone is 1. The Morgan fingerprint density at radius 2 is 1.63 bits per heavy atom. The molecule has 0 aromatic heterocycles. The minimum Gasteiger partial charge on any atom is -0.490 e. The molecule has 1 heterocycles. The van der Waals surface area contributed by atoms with E-state index in [9.17, 15) is 9.59 Å². The van der Waals surface area contributed by atoms with Crippen LogP contribution >= 0.6 is 0 Å². The predicted molar refractivity (Wildman–Crippen MR) is 109 cm³/mol. The summed E-state index contributed by atoms with van der Waals surface area (Å²) in [6.45, 7) is 2.73. The molecule has 30 heavy (non-hydrogen) atoms. The summed E-state index contributed by atoms with van der Waals surface area (Å²) < 4.78 is 16.2. The fourth-order valence-electron chi connectivity index (χ4n) is 4.16. The molecule has 1 saturated heterocycles. The molecule has 0 radical (unpaired) electrons. The highest BCUT2D eigenvalue weighted by Gasteiger charge is 2.46. The van der Waals surface area contributed by atoms with E-state index in [0.29, 0.717) is 23.8 Å². The normalized spacial score (nSPS) is 27.4. The first-order chi connectivity index (χ1) is 14.5. The lowest BCUT2D eigenvalue weighted by molar-refractivity contribution is -0.156. The molecule has 2 aliphatic rings. The van der Waals surface area contributed by atoms with Crippen LogP contribution in [0.2, 0.25) is 0 Å². The van der Waals surface area contributed by atoms with E-state index >= 15 is 0 Å². The number of carboxylic acids is 2. The van der Waals surface area contributed by atoms with E-state index < -0.39 is 30.4 Å². The van der Waals surface area contributed by atoms with E-state index in [1.165, 1.54) is 38.5 Å². The first kappa shape index (κ1) is 22.3. The van der Waals surface area contributed by atoms with E-state index in [1.807, 2.05) is 0 Å². The fourth-order valence-corrected chi connectivity index (χ4v) is 4.16. The topological polar surface area (TPSA) is 102 Å². The van der Waals surface area contributed by atoms with Gasteiger partial charge in [-0.1, -0.05) is 44.1 Å². The molecule has 1 aromatic rings. The Labute approximate surface area is 176 Å². The summed E-state index contributed by atoms with van der Waals surface area (Å²) in [6, 6.07) is 6.83. The van der Waals surface area contributed by atoms with E-state index in [1.54, 1.807) is 24.3 Å². The zero-order valence-corrected chi connectivity index (χ0v) is 17.2. The first-order valence-corrected chi connectivity index (χ1v) is 10.6. The molecule has 2 atom stereocenters. The molecule has 7 nitrogen and oxygen atoms in total. The largest absolute Gasteiger partial charge is 0.490 e. The van der Waals surface area contributed by atoms with Crippen molar-refractivity contribution in [3.63, 3.8) is 0 Å². The van der Waals surface area contributed by atoms with Crippen molar-refractivity contribution in [1.82, 2.24) is 0 Å². The number of aliphatic carboxylic acids is 2. The summed E-state index contributed by atoms with van der Waals surface area (Å²) in [5.74, 6) is -0.521. The highest BCUT2D eigenvalue weighted by molar-refractivity contribution is 5.84. The smallest absolute Gasteiger partial charge is 0.336 e. The molecule has 0 amide bonds. The van der Waals surface area contributed by atoms with Gasteiger partial charge in [-0.2, -0.15) is 0 Å². The van der Waals surface area contributed by atoms with E-state index in [-0.39, 0.29) is 0 Å². The summed E-state index contributed by atoms with van der Waals surface area (Å²) in [5, 5.41) is 18.2. The van der Waals surface area contributed by atoms with Gasteiger partial charge in [-0.05, 0) is 49.7 Å². The summed E-state index contributed by atoms with van der Waals surface area (Å²) >= 11 is 0. The number of carboxylic acid groups (broad SMARTS) is 2. The van der Waals surface area contributed by atoms with Crippen LogP contribution in [0.15, 0.2) is 36.4 Å².